The fourth-order valence-corrected chi connectivity index (χ4v) is 3.50. The third-order valence-corrected chi connectivity index (χ3v) is 4.73. The molecule has 4 rings (SSSR count). The van der Waals surface area contributed by atoms with E-state index in [4.69, 9.17) is 0 Å². The van der Waals surface area contributed by atoms with Crippen molar-refractivity contribution in [1.29, 1.82) is 0 Å². The second-order valence-corrected chi connectivity index (χ2v) is 6.36. The van der Waals surface area contributed by atoms with Gasteiger partial charge in [0.1, 0.15) is 11.2 Å². The summed E-state index contributed by atoms with van der Waals surface area (Å²) in [4.78, 5) is 17.4. The van der Waals surface area contributed by atoms with E-state index in [0.29, 0.717) is 21.9 Å². The first-order valence-corrected chi connectivity index (χ1v) is 8.60. The van der Waals surface area contributed by atoms with Gasteiger partial charge in [0.05, 0.1) is 11.9 Å². The first kappa shape index (κ1) is 15.6. The van der Waals surface area contributed by atoms with Crippen molar-refractivity contribution in [3.05, 3.63) is 82.5 Å². The van der Waals surface area contributed by atoms with E-state index < -0.39 is 0 Å². The van der Waals surface area contributed by atoms with Gasteiger partial charge in [0.15, 0.2) is 10.8 Å². The van der Waals surface area contributed by atoms with Crippen molar-refractivity contribution in [3.63, 3.8) is 0 Å². The molecule has 0 aliphatic heterocycles. The molecule has 0 amide bonds. The van der Waals surface area contributed by atoms with Gasteiger partial charge in [-0.25, -0.2) is 9.37 Å². The van der Waals surface area contributed by atoms with Gasteiger partial charge in [0.2, 0.25) is 0 Å². The zero-order valence-corrected chi connectivity index (χ0v) is 13.8. The van der Waals surface area contributed by atoms with Crippen LogP contribution in [-0.2, 0) is 5.75 Å². The molecule has 124 valence electrons. The minimum atomic E-state index is -0.282. The van der Waals surface area contributed by atoms with E-state index in [1.54, 1.807) is 10.6 Å². The Morgan fingerprint density at radius 3 is 2.76 bits per heavy atom. The molecular formula is C18H13FN4OS. The van der Waals surface area contributed by atoms with E-state index >= 15 is 0 Å². The summed E-state index contributed by atoms with van der Waals surface area (Å²) in [5.41, 5.74) is 1.80. The number of halogens is 1. The maximum Gasteiger partial charge on any atom is 0.269 e. The second-order valence-electron chi connectivity index (χ2n) is 5.42. The predicted molar refractivity (Wildman–Crippen MR) is 95.4 cm³/mol. The number of hydrogen-bond donors (Lipinski definition) is 1. The summed E-state index contributed by atoms with van der Waals surface area (Å²) in [5, 5.41) is 7.60. The van der Waals surface area contributed by atoms with Crippen LogP contribution in [0.3, 0.4) is 0 Å². The van der Waals surface area contributed by atoms with Crippen LogP contribution in [0.4, 0.5) is 4.39 Å². The lowest BCUT2D eigenvalue weighted by Crippen LogP contribution is -2.21. The minimum Gasteiger partial charge on any atom is -0.268 e. The van der Waals surface area contributed by atoms with Gasteiger partial charge in [-0.3, -0.25) is 14.5 Å². The molecule has 0 saturated heterocycles. The normalized spacial score (nSPS) is 11.1. The average molecular weight is 352 g/mol. The number of hydrogen-bond acceptors (Lipinski definition) is 4. The molecule has 0 saturated carbocycles. The average Bonchev–Trinajstić information content (AvgIpc) is 3.10. The summed E-state index contributed by atoms with van der Waals surface area (Å²) in [6.07, 6.45) is 1.48. The van der Waals surface area contributed by atoms with E-state index in [-0.39, 0.29) is 11.4 Å². The fourth-order valence-electron chi connectivity index (χ4n) is 2.55. The third kappa shape index (κ3) is 3.06. The van der Waals surface area contributed by atoms with Crippen LogP contribution < -0.4 is 5.56 Å². The van der Waals surface area contributed by atoms with Crippen LogP contribution in [0.15, 0.2) is 70.7 Å². The largest absolute Gasteiger partial charge is 0.269 e. The Bertz CT molecular complexity index is 1090. The monoisotopic (exact) mass is 352 g/mol. The Morgan fingerprint density at radius 1 is 1.12 bits per heavy atom. The van der Waals surface area contributed by atoms with Gasteiger partial charge in [-0.15, -0.1) is 0 Å². The molecule has 4 aromatic rings. The summed E-state index contributed by atoms with van der Waals surface area (Å²) in [6, 6.07) is 15.7. The lowest BCUT2D eigenvalue weighted by Gasteiger charge is -2.11. The maximum absolute atomic E-state index is 13.4. The molecule has 0 atom stereocenters. The molecule has 0 aliphatic carbocycles. The smallest absolute Gasteiger partial charge is 0.268 e. The third-order valence-electron chi connectivity index (χ3n) is 3.72. The van der Waals surface area contributed by atoms with Crippen LogP contribution in [0, 0.1) is 5.82 Å². The van der Waals surface area contributed by atoms with Crippen molar-refractivity contribution in [3.8, 4) is 5.69 Å². The van der Waals surface area contributed by atoms with Gasteiger partial charge in [0.25, 0.3) is 5.56 Å². The Morgan fingerprint density at radius 2 is 1.96 bits per heavy atom. The number of nitrogens with one attached hydrogen (secondary N) is 1. The van der Waals surface area contributed by atoms with E-state index in [1.165, 1.54) is 30.1 Å². The fraction of sp³-hybridized carbons (Fsp3) is 0.0556. The molecule has 0 unspecified atom stereocenters. The highest BCUT2D eigenvalue weighted by Gasteiger charge is 2.14. The van der Waals surface area contributed by atoms with Crippen molar-refractivity contribution in [1.82, 2.24) is 19.7 Å². The summed E-state index contributed by atoms with van der Waals surface area (Å²) < 4.78 is 14.9. The number of benzene rings is 2. The van der Waals surface area contributed by atoms with E-state index in [1.807, 2.05) is 36.4 Å². The molecule has 0 fully saturated rings. The molecule has 0 radical (unpaired) electrons. The van der Waals surface area contributed by atoms with Crippen molar-refractivity contribution in [2.45, 2.75) is 10.9 Å². The van der Waals surface area contributed by atoms with Crippen LogP contribution in [0.2, 0.25) is 0 Å². The van der Waals surface area contributed by atoms with Gasteiger partial charge in [-0.1, -0.05) is 42.1 Å². The first-order chi connectivity index (χ1) is 12.2. The summed E-state index contributed by atoms with van der Waals surface area (Å²) in [7, 11) is 0. The number of fused-ring (bicyclic) bond motifs is 1. The SMILES string of the molecule is O=c1c2cn[nH]c2nc(SCc2cccc(F)c2)n1-c1ccccc1. The van der Waals surface area contributed by atoms with Crippen LogP contribution in [-0.4, -0.2) is 19.7 Å². The Balaban J connectivity index is 1.80. The van der Waals surface area contributed by atoms with Crippen LogP contribution in [0.1, 0.15) is 5.56 Å². The molecule has 2 heterocycles. The summed E-state index contributed by atoms with van der Waals surface area (Å²) in [6.45, 7) is 0. The van der Waals surface area contributed by atoms with Crippen molar-refractivity contribution < 1.29 is 4.39 Å². The molecule has 7 heteroatoms. The van der Waals surface area contributed by atoms with Gasteiger partial charge in [-0.2, -0.15) is 5.10 Å². The molecular weight excluding hydrogens is 339 g/mol. The number of H-pyrrole nitrogens is 1. The zero-order chi connectivity index (χ0) is 17.2. The quantitative estimate of drug-likeness (QED) is 0.451. The topological polar surface area (TPSA) is 63.6 Å². The van der Waals surface area contributed by atoms with Crippen LogP contribution in [0.25, 0.3) is 16.7 Å². The lowest BCUT2D eigenvalue weighted by molar-refractivity contribution is 0.626. The van der Waals surface area contributed by atoms with Gasteiger partial charge >= 0.3 is 0 Å². The van der Waals surface area contributed by atoms with Crippen LogP contribution in [0.5, 0.6) is 0 Å². The van der Waals surface area contributed by atoms with Crippen LogP contribution >= 0.6 is 11.8 Å². The highest BCUT2D eigenvalue weighted by molar-refractivity contribution is 7.98. The Kier molecular flexibility index (Phi) is 4.07. The van der Waals surface area contributed by atoms with Crippen molar-refractivity contribution >= 4 is 22.8 Å². The number of aromatic nitrogens is 4. The molecule has 0 spiro atoms. The number of para-hydroxylation sites is 1. The molecule has 2 aromatic heterocycles. The second kappa shape index (κ2) is 6.52. The Labute approximate surface area is 146 Å². The summed E-state index contributed by atoms with van der Waals surface area (Å²) >= 11 is 1.37. The van der Waals surface area contributed by atoms with Gasteiger partial charge < -0.3 is 0 Å². The number of nitrogens with zero attached hydrogens (tertiary/aromatic N) is 3. The standard InChI is InChI=1S/C18H13FN4OS/c19-13-6-4-5-12(9-13)11-25-18-21-16-15(10-20-22-16)17(24)23(18)14-7-2-1-3-8-14/h1-10H,11H2,(H,20,22). The lowest BCUT2D eigenvalue weighted by atomic mass is 10.2. The molecule has 1 N–H and O–H groups in total. The van der Waals surface area contributed by atoms with E-state index in [0.717, 1.165) is 11.3 Å². The summed E-state index contributed by atoms with van der Waals surface area (Å²) in [5.74, 6) is 0.215. The molecule has 2 aromatic carbocycles. The highest BCUT2D eigenvalue weighted by atomic mass is 32.2. The maximum atomic E-state index is 13.4. The molecule has 0 aliphatic rings. The Hall–Kier alpha value is -2.93. The molecule has 25 heavy (non-hydrogen) atoms. The number of thioether (sulfide) groups is 1. The molecule has 5 nitrogen and oxygen atoms in total. The zero-order valence-electron chi connectivity index (χ0n) is 13.0. The predicted octanol–water partition coefficient (Wildman–Crippen LogP) is 3.54. The minimum absolute atomic E-state index is 0.188. The number of rotatable bonds is 4. The van der Waals surface area contributed by atoms with Crippen molar-refractivity contribution in [2.75, 3.05) is 0 Å². The molecule has 0 bridgehead atoms. The highest BCUT2D eigenvalue weighted by Crippen LogP contribution is 2.24. The first-order valence-electron chi connectivity index (χ1n) is 7.61. The van der Waals surface area contributed by atoms with E-state index in [2.05, 4.69) is 15.2 Å². The van der Waals surface area contributed by atoms with Gasteiger partial charge in [-0.05, 0) is 29.8 Å². The van der Waals surface area contributed by atoms with E-state index in [9.17, 15) is 9.18 Å². The van der Waals surface area contributed by atoms with Crippen molar-refractivity contribution in [2.24, 2.45) is 0 Å². The number of aromatic amines is 1. The van der Waals surface area contributed by atoms with Gasteiger partial charge in [0, 0.05) is 5.75 Å².